The molecule has 0 saturated carbocycles. The van der Waals surface area contributed by atoms with Crippen LogP contribution in [0.1, 0.15) is 17.5 Å². The van der Waals surface area contributed by atoms with Gasteiger partial charge in [-0.2, -0.15) is 0 Å². The van der Waals surface area contributed by atoms with E-state index in [0.29, 0.717) is 13.1 Å². The third kappa shape index (κ3) is 4.33. The number of carboxylic acid groups (broad SMARTS) is 1. The van der Waals surface area contributed by atoms with Crippen LogP contribution in [0.25, 0.3) is 0 Å². The van der Waals surface area contributed by atoms with Crippen LogP contribution in [0.5, 0.6) is 0 Å². The average Bonchev–Trinajstić information content (AvgIpc) is 2.46. The number of aliphatic carboxylic acids is 1. The molecule has 110 valence electrons. The molecule has 0 aromatic heterocycles. The van der Waals surface area contributed by atoms with Crippen LogP contribution in [0, 0.1) is 6.92 Å². The van der Waals surface area contributed by atoms with Crippen LogP contribution in [0.15, 0.2) is 53.0 Å². The van der Waals surface area contributed by atoms with Crippen LogP contribution in [0.2, 0.25) is 0 Å². The number of benzene rings is 2. The van der Waals surface area contributed by atoms with Gasteiger partial charge in [0.15, 0.2) is 0 Å². The summed E-state index contributed by atoms with van der Waals surface area (Å²) in [6.07, 6.45) is 0.124. The predicted octanol–water partition coefficient (Wildman–Crippen LogP) is 4.24. The maximum atomic E-state index is 10.9. The molecule has 0 saturated heterocycles. The van der Waals surface area contributed by atoms with Crippen molar-refractivity contribution in [2.45, 2.75) is 19.9 Å². The lowest BCUT2D eigenvalue weighted by Gasteiger charge is -2.26. The molecule has 21 heavy (non-hydrogen) atoms. The smallest absolute Gasteiger partial charge is 0.305 e. The number of halogens is 1. The minimum absolute atomic E-state index is 0.124. The highest BCUT2D eigenvalue weighted by Crippen LogP contribution is 2.24. The molecular weight excluding hydrogens is 330 g/mol. The zero-order valence-electron chi connectivity index (χ0n) is 11.9. The third-order valence-corrected chi connectivity index (χ3v) is 4.14. The van der Waals surface area contributed by atoms with Crippen LogP contribution in [-0.4, -0.2) is 17.6 Å². The van der Waals surface area contributed by atoms with Crippen molar-refractivity contribution in [3.63, 3.8) is 0 Å². The summed E-state index contributed by atoms with van der Waals surface area (Å²) >= 11 is 3.55. The largest absolute Gasteiger partial charge is 0.481 e. The number of carbonyl (C=O) groups is 1. The van der Waals surface area contributed by atoms with E-state index in [1.165, 1.54) is 0 Å². The Hall–Kier alpha value is -1.81. The van der Waals surface area contributed by atoms with Gasteiger partial charge in [0.2, 0.25) is 0 Å². The second-order valence-electron chi connectivity index (χ2n) is 4.94. The van der Waals surface area contributed by atoms with E-state index in [1.54, 1.807) is 0 Å². The number of anilines is 1. The summed E-state index contributed by atoms with van der Waals surface area (Å²) in [6, 6.07) is 16.1. The first-order chi connectivity index (χ1) is 10.1. The van der Waals surface area contributed by atoms with Crippen molar-refractivity contribution in [2.24, 2.45) is 0 Å². The van der Waals surface area contributed by atoms with Crippen molar-refractivity contribution in [3.05, 3.63) is 64.1 Å². The lowest BCUT2D eigenvalue weighted by Crippen LogP contribution is -2.26. The Morgan fingerprint density at radius 3 is 2.48 bits per heavy atom. The van der Waals surface area contributed by atoms with Gasteiger partial charge in [0.25, 0.3) is 0 Å². The summed E-state index contributed by atoms with van der Waals surface area (Å²) in [5.41, 5.74) is 3.37. The van der Waals surface area contributed by atoms with E-state index in [0.717, 1.165) is 21.3 Å². The normalized spacial score (nSPS) is 10.4. The number of rotatable bonds is 6. The molecule has 0 spiro atoms. The van der Waals surface area contributed by atoms with E-state index in [4.69, 9.17) is 5.11 Å². The Morgan fingerprint density at radius 2 is 1.81 bits per heavy atom. The van der Waals surface area contributed by atoms with Gasteiger partial charge in [0, 0.05) is 23.2 Å². The topological polar surface area (TPSA) is 40.5 Å². The first-order valence-electron chi connectivity index (χ1n) is 6.83. The number of carboxylic acids is 1. The number of hydrogen-bond donors (Lipinski definition) is 1. The predicted molar refractivity (Wildman–Crippen MR) is 88.6 cm³/mol. The SMILES string of the molecule is Cc1ccccc1N(CCC(=O)O)Cc1ccccc1Br. The van der Waals surface area contributed by atoms with Crippen LogP contribution in [0.3, 0.4) is 0 Å². The highest BCUT2D eigenvalue weighted by molar-refractivity contribution is 9.10. The van der Waals surface area contributed by atoms with Crippen molar-refractivity contribution >= 4 is 27.6 Å². The van der Waals surface area contributed by atoms with Gasteiger partial charge in [0.1, 0.15) is 0 Å². The first kappa shape index (κ1) is 15.6. The van der Waals surface area contributed by atoms with Crippen LogP contribution in [-0.2, 0) is 11.3 Å². The highest BCUT2D eigenvalue weighted by atomic mass is 79.9. The van der Waals surface area contributed by atoms with Gasteiger partial charge in [-0.25, -0.2) is 0 Å². The van der Waals surface area contributed by atoms with Gasteiger partial charge in [-0.15, -0.1) is 0 Å². The first-order valence-corrected chi connectivity index (χ1v) is 7.63. The molecule has 0 amide bonds. The number of aryl methyl sites for hydroxylation is 1. The molecule has 0 bridgehead atoms. The Balaban J connectivity index is 2.26. The summed E-state index contributed by atoms with van der Waals surface area (Å²) in [5, 5.41) is 8.96. The van der Waals surface area contributed by atoms with Gasteiger partial charge in [-0.1, -0.05) is 52.3 Å². The van der Waals surface area contributed by atoms with E-state index in [1.807, 2.05) is 49.4 Å². The van der Waals surface area contributed by atoms with Crippen molar-refractivity contribution in [1.29, 1.82) is 0 Å². The fraction of sp³-hybridized carbons (Fsp3) is 0.235. The molecule has 2 aromatic rings. The molecule has 0 fully saturated rings. The molecule has 3 nitrogen and oxygen atoms in total. The number of hydrogen-bond acceptors (Lipinski definition) is 2. The summed E-state index contributed by atoms with van der Waals surface area (Å²) in [6.45, 7) is 3.21. The molecule has 0 aliphatic heterocycles. The lowest BCUT2D eigenvalue weighted by atomic mass is 10.1. The standard InChI is InChI=1S/C17H18BrNO2/c1-13-6-2-5-9-16(13)19(11-10-17(20)21)12-14-7-3-4-8-15(14)18/h2-9H,10-12H2,1H3,(H,20,21). The molecule has 0 aliphatic carbocycles. The van der Waals surface area contributed by atoms with Gasteiger partial charge in [0.05, 0.1) is 6.42 Å². The maximum absolute atomic E-state index is 10.9. The van der Waals surface area contributed by atoms with Crippen molar-refractivity contribution in [1.82, 2.24) is 0 Å². The molecule has 1 N–H and O–H groups in total. The maximum Gasteiger partial charge on any atom is 0.305 e. The monoisotopic (exact) mass is 347 g/mol. The quantitative estimate of drug-likeness (QED) is 0.849. The van der Waals surface area contributed by atoms with E-state index in [9.17, 15) is 4.79 Å². The number of para-hydroxylation sites is 1. The van der Waals surface area contributed by atoms with Gasteiger partial charge < -0.3 is 10.0 Å². The molecule has 0 unspecified atom stereocenters. The summed E-state index contributed by atoms with van der Waals surface area (Å²) in [7, 11) is 0. The number of nitrogens with zero attached hydrogens (tertiary/aromatic N) is 1. The van der Waals surface area contributed by atoms with E-state index < -0.39 is 5.97 Å². The van der Waals surface area contributed by atoms with Gasteiger partial charge in [-0.05, 0) is 30.2 Å². The Kier molecular flexibility index (Phi) is 5.39. The van der Waals surface area contributed by atoms with Crippen molar-refractivity contribution in [2.75, 3.05) is 11.4 Å². The van der Waals surface area contributed by atoms with E-state index >= 15 is 0 Å². The molecule has 2 aromatic carbocycles. The minimum atomic E-state index is -0.777. The zero-order chi connectivity index (χ0) is 15.2. The Labute approximate surface area is 133 Å². The Morgan fingerprint density at radius 1 is 1.14 bits per heavy atom. The molecule has 0 radical (unpaired) electrons. The zero-order valence-corrected chi connectivity index (χ0v) is 13.5. The average molecular weight is 348 g/mol. The van der Waals surface area contributed by atoms with Crippen LogP contribution < -0.4 is 4.90 Å². The van der Waals surface area contributed by atoms with Crippen molar-refractivity contribution in [3.8, 4) is 0 Å². The highest BCUT2D eigenvalue weighted by Gasteiger charge is 2.12. The summed E-state index contributed by atoms with van der Waals surface area (Å²) in [4.78, 5) is 13.0. The van der Waals surface area contributed by atoms with Crippen LogP contribution >= 0.6 is 15.9 Å². The van der Waals surface area contributed by atoms with Crippen LogP contribution in [0.4, 0.5) is 5.69 Å². The second kappa shape index (κ2) is 7.27. The molecule has 0 aliphatic rings. The second-order valence-corrected chi connectivity index (χ2v) is 5.80. The Bertz CT molecular complexity index is 628. The van der Waals surface area contributed by atoms with Gasteiger partial charge >= 0.3 is 5.97 Å². The minimum Gasteiger partial charge on any atom is -0.481 e. The molecular formula is C17H18BrNO2. The van der Waals surface area contributed by atoms with E-state index in [-0.39, 0.29) is 6.42 Å². The lowest BCUT2D eigenvalue weighted by molar-refractivity contribution is -0.136. The van der Waals surface area contributed by atoms with E-state index in [2.05, 4.69) is 26.9 Å². The molecule has 4 heteroatoms. The summed E-state index contributed by atoms with van der Waals surface area (Å²) in [5.74, 6) is -0.777. The molecule has 0 heterocycles. The van der Waals surface area contributed by atoms with Crippen molar-refractivity contribution < 1.29 is 9.90 Å². The third-order valence-electron chi connectivity index (χ3n) is 3.37. The summed E-state index contributed by atoms with van der Waals surface area (Å²) < 4.78 is 1.04. The molecule has 0 atom stereocenters. The molecule has 2 rings (SSSR count). The fourth-order valence-electron chi connectivity index (χ4n) is 2.27. The van der Waals surface area contributed by atoms with Gasteiger partial charge in [-0.3, -0.25) is 4.79 Å². The fourth-order valence-corrected chi connectivity index (χ4v) is 2.68.